The maximum absolute atomic E-state index is 12.5. The number of amides is 1. The van der Waals surface area contributed by atoms with E-state index in [1.807, 2.05) is 0 Å². The molecule has 17 heavy (non-hydrogen) atoms. The minimum Gasteiger partial charge on any atom is -0.332 e. The fraction of sp³-hybridized carbons (Fsp3) is 0.909. The molecule has 0 spiro atoms. The molecule has 0 aliphatic heterocycles. The predicted molar refractivity (Wildman–Crippen MR) is 58.3 cm³/mol. The van der Waals surface area contributed by atoms with Gasteiger partial charge >= 0.3 is 12.1 Å². The Morgan fingerprint density at radius 3 is 2.29 bits per heavy atom. The van der Waals surface area contributed by atoms with Crippen LogP contribution in [-0.4, -0.2) is 36.1 Å². The van der Waals surface area contributed by atoms with Gasteiger partial charge in [0.1, 0.15) is 0 Å². The van der Waals surface area contributed by atoms with E-state index in [1.54, 1.807) is 0 Å². The maximum atomic E-state index is 12.5. The highest BCUT2D eigenvalue weighted by Crippen LogP contribution is 2.27. The smallest absolute Gasteiger partial charge is 0.332 e. The Balaban J connectivity index is 2.68. The van der Waals surface area contributed by atoms with Gasteiger partial charge in [-0.25, -0.2) is 0 Å². The van der Waals surface area contributed by atoms with E-state index in [0.29, 0.717) is 25.8 Å². The molecule has 1 aliphatic rings. The van der Waals surface area contributed by atoms with Gasteiger partial charge in [0.05, 0.1) is 0 Å². The number of alkyl halides is 3. The monoisotopic (exact) mass is 252 g/mol. The average Bonchev–Trinajstić information content (AvgIpc) is 2.29. The molecule has 1 rings (SSSR count). The number of rotatable bonds is 4. The van der Waals surface area contributed by atoms with Crippen LogP contribution >= 0.6 is 0 Å². The summed E-state index contributed by atoms with van der Waals surface area (Å²) in [4.78, 5) is 12.3. The highest BCUT2D eigenvalue weighted by molar-refractivity contribution is 5.82. The maximum Gasteiger partial charge on any atom is 0.471 e. The lowest BCUT2D eigenvalue weighted by Gasteiger charge is -2.34. The fourth-order valence-corrected chi connectivity index (χ4v) is 2.27. The third kappa shape index (κ3) is 4.18. The van der Waals surface area contributed by atoms with Crippen molar-refractivity contribution < 1.29 is 18.0 Å². The van der Waals surface area contributed by atoms with E-state index in [0.717, 1.165) is 24.2 Å². The van der Waals surface area contributed by atoms with Crippen LogP contribution in [0.1, 0.15) is 38.5 Å². The van der Waals surface area contributed by atoms with Crippen LogP contribution in [0.3, 0.4) is 0 Å². The van der Waals surface area contributed by atoms with Crippen LogP contribution in [-0.2, 0) is 4.79 Å². The van der Waals surface area contributed by atoms with Gasteiger partial charge in [0.2, 0.25) is 0 Å². The lowest BCUT2D eigenvalue weighted by atomic mass is 9.94. The third-order valence-electron chi connectivity index (χ3n) is 3.12. The molecule has 0 unspecified atom stereocenters. The molecule has 0 bridgehead atoms. The van der Waals surface area contributed by atoms with Crippen LogP contribution in [0, 0.1) is 0 Å². The summed E-state index contributed by atoms with van der Waals surface area (Å²) in [6.45, 7) is 0.411. The predicted octanol–water partition coefficient (Wildman–Crippen LogP) is 2.06. The third-order valence-corrected chi connectivity index (χ3v) is 3.12. The van der Waals surface area contributed by atoms with Crippen molar-refractivity contribution in [3.63, 3.8) is 0 Å². The van der Waals surface area contributed by atoms with E-state index < -0.39 is 12.1 Å². The second-order valence-corrected chi connectivity index (χ2v) is 4.43. The van der Waals surface area contributed by atoms with Gasteiger partial charge < -0.3 is 10.6 Å². The van der Waals surface area contributed by atoms with E-state index in [4.69, 9.17) is 5.73 Å². The molecule has 1 saturated carbocycles. The number of carbonyl (C=O) groups is 1. The molecule has 0 atom stereocenters. The molecule has 0 aromatic heterocycles. The van der Waals surface area contributed by atoms with Crippen LogP contribution in [0.2, 0.25) is 0 Å². The second kappa shape index (κ2) is 6.23. The van der Waals surface area contributed by atoms with Gasteiger partial charge in [-0.15, -0.1) is 0 Å². The summed E-state index contributed by atoms with van der Waals surface area (Å²) in [5, 5.41) is 0. The minimum absolute atomic E-state index is 0.111. The molecule has 0 aromatic carbocycles. The summed E-state index contributed by atoms with van der Waals surface area (Å²) >= 11 is 0. The van der Waals surface area contributed by atoms with E-state index in [-0.39, 0.29) is 12.6 Å². The number of hydrogen-bond acceptors (Lipinski definition) is 2. The van der Waals surface area contributed by atoms with E-state index in [1.165, 1.54) is 0 Å². The zero-order valence-corrected chi connectivity index (χ0v) is 9.80. The van der Waals surface area contributed by atoms with Crippen molar-refractivity contribution in [1.29, 1.82) is 0 Å². The van der Waals surface area contributed by atoms with Crippen LogP contribution in [0.4, 0.5) is 13.2 Å². The van der Waals surface area contributed by atoms with Crippen LogP contribution in [0.5, 0.6) is 0 Å². The van der Waals surface area contributed by atoms with E-state index in [9.17, 15) is 18.0 Å². The molecule has 2 N–H and O–H groups in total. The Kier molecular flexibility index (Phi) is 5.24. The van der Waals surface area contributed by atoms with Crippen molar-refractivity contribution in [3.05, 3.63) is 0 Å². The molecule has 6 heteroatoms. The summed E-state index contributed by atoms with van der Waals surface area (Å²) in [5.74, 6) is -1.71. The van der Waals surface area contributed by atoms with Gasteiger partial charge in [-0.1, -0.05) is 19.3 Å². The molecule has 100 valence electrons. The number of hydrogen-bond donors (Lipinski definition) is 1. The highest BCUT2D eigenvalue weighted by atomic mass is 19.4. The van der Waals surface area contributed by atoms with Crippen molar-refractivity contribution in [2.24, 2.45) is 5.73 Å². The first-order valence-corrected chi connectivity index (χ1v) is 6.04. The lowest BCUT2D eigenvalue weighted by Crippen LogP contribution is -2.48. The SMILES string of the molecule is NCCCN(C(=O)C(F)(F)F)C1CCCCC1. The topological polar surface area (TPSA) is 46.3 Å². The van der Waals surface area contributed by atoms with Crippen molar-refractivity contribution >= 4 is 5.91 Å². The Bertz CT molecular complexity index is 250. The molecule has 0 heterocycles. The minimum atomic E-state index is -4.77. The lowest BCUT2D eigenvalue weighted by molar-refractivity contribution is -0.188. The van der Waals surface area contributed by atoms with Gasteiger partial charge in [0, 0.05) is 12.6 Å². The van der Waals surface area contributed by atoms with Crippen molar-refractivity contribution in [2.45, 2.75) is 50.7 Å². The number of nitrogens with zero attached hydrogens (tertiary/aromatic N) is 1. The van der Waals surface area contributed by atoms with Crippen LogP contribution in [0.15, 0.2) is 0 Å². The van der Waals surface area contributed by atoms with Gasteiger partial charge in [-0.05, 0) is 25.8 Å². The first-order valence-electron chi connectivity index (χ1n) is 6.04. The average molecular weight is 252 g/mol. The fourth-order valence-electron chi connectivity index (χ4n) is 2.27. The van der Waals surface area contributed by atoms with Gasteiger partial charge in [0.15, 0.2) is 0 Å². The number of nitrogens with two attached hydrogens (primary N) is 1. The molecule has 1 amide bonds. The van der Waals surface area contributed by atoms with E-state index >= 15 is 0 Å². The second-order valence-electron chi connectivity index (χ2n) is 4.43. The highest BCUT2D eigenvalue weighted by Gasteiger charge is 2.44. The molecular formula is C11H19F3N2O. The van der Waals surface area contributed by atoms with E-state index in [2.05, 4.69) is 0 Å². The molecule has 0 aromatic rings. The summed E-state index contributed by atoms with van der Waals surface area (Å²) in [7, 11) is 0. The standard InChI is InChI=1S/C11H19F3N2O/c12-11(13,14)10(17)16(8-4-7-15)9-5-2-1-3-6-9/h9H,1-8,15H2. The Hall–Kier alpha value is -0.780. The number of halogens is 3. The first kappa shape index (κ1) is 14.3. The van der Waals surface area contributed by atoms with Gasteiger partial charge in [0.25, 0.3) is 0 Å². The zero-order valence-electron chi connectivity index (χ0n) is 9.80. The van der Waals surface area contributed by atoms with Gasteiger partial charge in [-0.3, -0.25) is 4.79 Å². The van der Waals surface area contributed by atoms with Crippen molar-refractivity contribution in [2.75, 3.05) is 13.1 Å². The normalized spacial score (nSPS) is 18.1. The first-order chi connectivity index (χ1) is 7.96. The van der Waals surface area contributed by atoms with Gasteiger partial charge in [-0.2, -0.15) is 13.2 Å². The Labute approximate surface area is 99.1 Å². The summed E-state index contributed by atoms with van der Waals surface area (Å²) < 4.78 is 37.4. The summed E-state index contributed by atoms with van der Waals surface area (Å²) in [5.41, 5.74) is 5.30. The summed E-state index contributed by atoms with van der Waals surface area (Å²) in [6, 6.07) is -0.260. The molecule has 0 radical (unpaired) electrons. The molecule has 3 nitrogen and oxygen atoms in total. The zero-order chi connectivity index (χ0) is 12.9. The molecule has 1 fully saturated rings. The van der Waals surface area contributed by atoms with Crippen LogP contribution < -0.4 is 5.73 Å². The summed E-state index contributed by atoms with van der Waals surface area (Å²) in [6.07, 6.45) is -0.172. The van der Waals surface area contributed by atoms with Crippen molar-refractivity contribution in [1.82, 2.24) is 4.90 Å². The molecule has 1 aliphatic carbocycles. The molecule has 0 saturated heterocycles. The Morgan fingerprint density at radius 1 is 1.24 bits per heavy atom. The quantitative estimate of drug-likeness (QED) is 0.832. The Morgan fingerprint density at radius 2 is 1.82 bits per heavy atom. The van der Waals surface area contributed by atoms with Crippen molar-refractivity contribution in [3.8, 4) is 0 Å². The molecular weight excluding hydrogens is 233 g/mol. The largest absolute Gasteiger partial charge is 0.471 e. The van der Waals surface area contributed by atoms with Crippen LogP contribution in [0.25, 0.3) is 0 Å². The number of carbonyl (C=O) groups excluding carboxylic acids is 1.